The van der Waals surface area contributed by atoms with Crippen molar-refractivity contribution < 1.29 is 4.92 Å². The average molecular weight is 255 g/mol. The number of nitro groups is 1. The van der Waals surface area contributed by atoms with E-state index in [0.29, 0.717) is 10.7 Å². The Bertz CT molecular complexity index is 419. The van der Waals surface area contributed by atoms with Crippen LogP contribution in [0.3, 0.4) is 0 Å². The zero-order valence-corrected chi connectivity index (χ0v) is 10.2. The second-order valence-corrected chi connectivity index (χ2v) is 4.81. The summed E-state index contributed by atoms with van der Waals surface area (Å²) in [6.07, 6.45) is 4.91. The first-order valence-electron chi connectivity index (χ1n) is 5.85. The van der Waals surface area contributed by atoms with Crippen LogP contribution in [-0.4, -0.2) is 11.5 Å². The maximum Gasteiger partial charge on any atom is 0.293 e. The molecule has 1 saturated carbocycles. The molecule has 0 aromatic heterocycles. The van der Waals surface area contributed by atoms with Crippen LogP contribution < -0.4 is 5.32 Å². The molecule has 0 amide bonds. The van der Waals surface area contributed by atoms with Crippen molar-refractivity contribution in [2.75, 3.05) is 11.9 Å². The van der Waals surface area contributed by atoms with Gasteiger partial charge in [-0.25, -0.2) is 0 Å². The van der Waals surface area contributed by atoms with Gasteiger partial charge in [-0.3, -0.25) is 10.1 Å². The molecule has 0 bridgehead atoms. The fraction of sp³-hybridized carbons (Fsp3) is 0.500. The number of nitro benzene ring substituents is 1. The highest BCUT2D eigenvalue weighted by atomic mass is 35.5. The van der Waals surface area contributed by atoms with Gasteiger partial charge in [0.2, 0.25) is 0 Å². The Kier molecular flexibility index (Phi) is 3.84. The fourth-order valence-corrected chi connectivity index (χ4v) is 2.09. The molecule has 0 saturated heterocycles. The standard InChI is InChI=1S/C12H15ClN2O2/c13-10-4-1-5-11(15(16)17)12(10)14-8-2-3-9-6-7-9/h1,4-5,9,14H,2-3,6-8H2. The summed E-state index contributed by atoms with van der Waals surface area (Å²) in [5.41, 5.74) is 0.485. The molecule has 1 aliphatic rings. The highest BCUT2D eigenvalue weighted by molar-refractivity contribution is 6.33. The Morgan fingerprint density at radius 3 is 2.88 bits per heavy atom. The molecule has 5 heteroatoms. The number of hydrogen-bond donors (Lipinski definition) is 1. The normalized spacial score (nSPS) is 14.6. The van der Waals surface area contributed by atoms with Gasteiger partial charge in [0, 0.05) is 12.6 Å². The molecule has 4 nitrogen and oxygen atoms in total. The van der Waals surface area contributed by atoms with E-state index in [0.717, 1.165) is 18.9 Å². The van der Waals surface area contributed by atoms with Gasteiger partial charge in [0.1, 0.15) is 5.69 Å². The third kappa shape index (κ3) is 3.33. The Morgan fingerprint density at radius 2 is 2.24 bits per heavy atom. The van der Waals surface area contributed by atoms with Crippen molar-refractivity contribution in [3.63, 3.8) is 0 Å². The molecule has 1 fully saturated rings. The first kappa shape index (κ1) is 12.2. The zero-order valence-electron chi connectivity index (χ0n) is 9.49. The Balaban J connectivity index is 1.94. The minimum atomic E-state index is -0.408. The number of anilines is 1. The van der Waals surface area contributed by atoms with Gasteiger partial charge >= 0.3 is 0 Å². The van der Waals surface area contributed by atoms with Gasteiger partial charge in [0.15, 0.2) is 0 Å². The number of hydrogen-bond acceptors (Lipinski definition) is 3. The summed E-state index contributed by atoms with van der Waals surface area (Å²) in [5.74, 6) is 0.887. The summed E-state index contributed by atoms with van der Waals surface area (Å²) in [5, 5.41) is 14.3. The minimum Gasteiger partial charge on any atom is -0.378 e. The van der Waals surface area contributed by atoms with Crippen LogP contribution in [0.4, 0.5) is 11.4 Å². The van der Waals surface area contributed by atoms with Crippen molar-refractivity contribution in [1.29, 1.82) is 0 Å². The molecule has 1 aromatic rings. The molecule has 17 heavy (non-hydrogen) atoms. The molecule has 1 N–H and O–H groups in total. The summed E-state index contributed by atoms with van der Waals surface area (Å²) in [4.78, 5) is 10.4. The van der Waals surface area contributed by atoms with Gasteiger partial charge in [-0.05, 0) is 24.8 Å². The van der Waals surface area contributed by atoms with Crippen molar-refractivity contribution in [1.82, 2.24) is 0 Å². The van der Waals surface area contributed by atoms with Gasteiger partial charge < -0.3 is 5.32 Å². The number of halogens is 1. The SMILES string of the molecule is O=[N+]([O-])c1cccc(Cl)c1NCCCC1CC1. The van der Waals surface area contributed by atoms with E-state index in [1.165, 1.54) is 25.3 Å². The average Bonchev–Trinajstić information content (AvgIpc) is 3.09. The smallest absolute Gasteiger partial charge is 0.293 e. The predicted molar refractivity (Wildman–Crippen MR) is 68.6 cm³/mol. The molecule has 0 unspecified atom stereocenters. The molecule has 0 radical (unpaired) electrons. The molecule has 1 aliphatic carbocycles. The lowest BCUT2D eigenvalue weighted by Gasteiger charge is -2.08. The molecule has 2 rings (SSSR count). The molecule has 1 aromatic carbocycles. The minimum absolute atomic E-state index is 0.0453. The zero-order chi connectivity index (χ0) is 12.3. The van der Waals surface area contributed by atoms with Gasteiger partial charge in [-0.1, -0.05) is 30.5 Å². The van der Waals surface area contributed by atoms with Gasteiger partial charge in [0.25, 0.3) is 5.69 Å². The highest BCUT2D eigenvalue weighted by Gasteiger charge is 2.20. The van der Waals surface area contributed by atoms with Crippen LogP contribution in [0.2, 0.25) is 5.02 Å². The number of para-hydroxylation sites is 1. The first-order valence-corrected chi connectivity index (χ1v) is 6.23. The quantitative estimate of drug-likeness (QED) is 0.477. The summed E-state index contributed by atoms with van der Waals surface area (Å²) >= 11 is 5.96. The molecular formula is C12H15ClN2O2. The lowest BCUT2D eigenvalue weighted by Crippen LogP contribution is -2.05. The van der Waals surface area contributed by atoms with Crippen LogP contribution in [0.1, 0.15) is 25.7 Å². The molecule has 92 valence electrons. The van der Waals surface area contributed by atoms with Gasteiger partial charge in [0.05, 0.1) is 9.95 Å². The lowest BCUT2D eigenvalue weighted by atomic mass is 10.2. The third-order valence-corrected chi connectivity index (χ3v) is 3.29. The van der Waals surface area contributed by atoms with E-state index in [1.807, 2.05) is 0 Å². The number of nitrogens with zero attached hydrogens (tertiary/aromatic N) is 1. The summed E-state index contributed by atoms with van der Waals surface area (Å²) < 4.78 is 0. The molecule has 0 spiro atoms. The number of nitrogens with one attached hydrogen (secondary N) is 1. The second kappa shape index (κ2) is 5.36. The van der Waals surface area contributed by atoms with E-state index in [2.05, 4.69) is 5.32 Å². The van der Waals surface area contributed by atoms with Crippen LogP contribution in [0.25, 0.3) is 0 Å². The van der Waals surface area contributed by atoms with Crippen molar-refractivity contribution >= 4 is 23.0 Å². The highest BCUT2D eigenvalue weighted by Crippen LogP contribution is 2.34. The summed E-state index contributed by atoms with van der Waals surface area (Å²) in [6, 6.07) is 4.72. The Labute approximate surface area is 105 Å². The predicted octanol–water partition coefficient (Wildman–Crippen LogP) is 3.85. The van der Waals surface area contributed by atoms with E-state index in [1.54, 1.807) is 12.1 Å². The Hall–Kier alpha value is -1.29. The van der Waals surface area contributed by atoms with E-state index < -0.39 is 4.92 Å². The maximum atomic E-state index is 10.8. The first-order chi connectivity index (χ1) is 8.18. The van der Waals surface area contributed by atoms with Gasteiger partial charge in [-0.2, -0.15) is 0 Å². The molecule has 0 atom stereocenters. The largest absolute Gasteiger partial charge is 0.378 e. The van der Waals surface area contributed by atoms with Crippen molar-refractivity contribution in [3.05, 3.63) is 33.3 Å². The van der Waals surface area contributed by atoms with Crippen molar-refractivity contribution in [2.24, 2.45) is 5.92 Å². The van der Waals surface area contributed by atoms with E-state index in [4.69, 9.17) is 11.6 Å². The fourth-order valence-electron chi connectivity index (χ4n) is 1.85. The van der Waals surface area contributed by atoms with E-state index >= 15 is 0 Å². The van der Waals surface area contributed by atoms with Crippen molar-refractivity contribution in [3.8, 4) is 0 Å². The van der Waals surface area contributed by atoms with Crippen LogP contribution in [0, 0.1) is 16.0 Å². The third-order valence-electron chi connectivity index (χ3n) is 2.98. The number of rotatable bonds is 6. The van der Waals surface area contributed by atoms with Crippen LogP contribution in [0.15, 0.2) is 18.2 Å². The monoisotopic (exact) mass is 254 g/mol. The van der Waals surface area contributed by atoms with E-state index in [-0.39, 0.29) is 5.69 Å². The van der Waals surface area contributed by atoms with Crippen LogP contribution in [0.5, 0.6) is 0 Å². The molecular weight excluding hydrogens is 240 g/mol. The Morgan fingerprint density at radius 1 is 1.47 bits per heavy atom. The maximum absolute atomic E-state index is 10.8. The summed E-state index contributed by atoms with van der Waals surface area (Å²) in [6.45, 7) is 0.737. The topological polar surface area (TPSA) is 55.2 Å². The molecule has 0 heterocycles. The second-order valence-electron chi connectivity index (χ2n) is 4.40. The van der Waals surface area contributed by atoms with Gasteiger partial charge in [-0.15, -0.1) is 0 Å². The van der Waals surface area contributed by atoms with E-state index in [9.17, 15) is 10.1 Å². The van der Waals surface area contributed by atoms with Crippen LogP contribution >= 0.6 is 11.6 Å². The lowest BCUT2D eigenvalue weighted by molar-refractivity contribution is -0.383. The summed E-state index contributed by atoms with van der Waals surface area (Å²) in [7, 11) is 0. The molecule has 0 aliphatic heterocycles. The van der Waals surface area contributed by atoms with Crippen molar-refractivity contribution in [2.45, 2.75) is 25.7 Å². The number of benzene rings is 1. The van der Waals surface area contributed by atoms with Crippen LogP contribution in [-0.2, 0) is 0 Å².